The van der Waals surface area contributed by atoms with Crippen molar-refractivity contribution in [2.24, 2.45) is 0 Å². The van der Waals surface area contributed by atoms with Crippen molar-refractivity contribution in [3.8, 4) is 16.2 Å². The first-order chi connectivity index (χ1) is 16.1. The number of nitrogens with zero attached hydrogens (tertiary/aromatic N) is 2. The van der Waals surface area contributed by atoms with Gasteiger partial charge in [0.1, 0.15) is 9.57 Å². The van der Waals surface area contributed by atoms with Crippen molar-refractivity contribution in [2.45, 2.75) is 52.1 Å². The van der Waals surface area contributed by atoms with Gasteiger partial charge < -0.3 is 5.11 Å². The van der Waals surface area contributed by atoms with E-state index in [4.69, 9.17) is 12.2 Å². The number of hydrogen-bond donors (Lipinski definition) is 1. The molecule has 1 saturated heterocycles. The first kappa shape index (κ1) is 24.6. The van der Waals surface area contributed by atoms with E-state index in [2.05, 4.69) is 59.2 Å². The molecule has 2 aromatic carbocycles. The van der Waals surface area contributed by atoms with E-state index < -0.39 is 0 Å². The summed E-state index contributed by atoms with van der Waals surface area (Å²) < 4.78 is 1.04. The van der Waals surface area contributed by atoms with Gasteiger partial charge in [-0.05, 0) is 47.7 Å². The lowest BCUT2D eigenvalue weighted by atomic mass is 10.0. The molecule has 6 heteroatoms. The summed E-state index contributed by atoms with van der Waals surface area (Å²) in [5, 5.41) is 10.6. The average molecular weight is 499 g/mol. The molecule has 1 aromatic heterocycles. The molecule has 0 radical (unpaired) electrons. The van der Waals surface area contributed by atoms with Gasteiger partial charge in [-0.2, -0.15) is 0 Å². The topological polar surface area (TPSA) is 26.7 Å². The molecule has 2 heterocycles. The van der Waals surface area contributed by atoms with Crippen molar-refractivity contribution in [1.82, 2.24) is 9.80 Å². The van der Waals surface area contributed by atoms with Gasteiger partial charge in [-0.15, -0.1) is 0 Å². The molecule has 0 spiro atoms. The second kappa shape index (κ2) is 12.2. The number of rotatable bonds is 10. The van der Waals surface area contributed by atoms with E-state index in [1.807, 2.05) is 6.07 Å². The third kappa shape index (κ3) is 6.74. The van der Waals surface area contributed by atoms with Crippen LogP contribution < -0.4 is 0 Å². The van der Waals surface area contributed by atoms with Crippen molar-refractivity contribution < 1.29 is 5.11 Å². The molecule has 0 amide bonds. The summed E-state index contributed by atoms with van der Waals surface area (Å²) >= 11 is 5.66. The Balaban J connectivity index is 1.39. The molecule has 33 heavy (non-hydrogen) atoms. The Morgan fingerprint density at radius 1 is 0.879 bits per heavy atom. The lowest BCUT2D eigenvalue weighted by Gasteiger charge is -2.34. The van der Waals surface area contributed by atoms with Crippen LogP contribution in [0.4, 0.5) is 0 Å². The van der Waals surface area contributed by atoms with E-state index >= 15 is 0 Å². The molecule has 1 aliphatic rings. The highest BCUT2D eigenvalue weighted by atomic mass is 32.9. The third-order valence-electron chi connectivity index (χ3n) is 6.45. The van der Waals surface area contributed by atoms with Crippen molar-refractivity contribution in [2.75, 3.05) is 26.2 Å². The molecule has 0 aliphatic carbocycles. The van der Waals surface area contributed by atoms with Crippen LogP contribution >= 0.6 is 32.9 Å². The standard InChI is InChI=1S/C27H34N2OS3/c1-2-3-4-8-11-24-26(32-33-27(24)31)22-12-13-25(30)23(18-22)20-29-16-14-28(15-17-29)19-21-9-6-5-7-10-21/h5-7,9-10,12-13,18,30H,2-4,8,11,14-17,19-20H2,1H3. The summed E-state index contributed by atoms with van der Waals surface area (Å²) in [6.07, 6.45) is 6.07. The number of phenolic OH excluding ortho intramolecular Hbond substituents is 1. The van der Waals surface area contributed by atoms with Crippen LogP contribution in [0.25, 0.3) is 10.4 Å². The van der Waals surface area contributed by atoms with Crippen LogP contribution in [0.2, 0.25) is 0 Å². The predicted molar refractivity (Wildman–Crippen MR) is 145 cm³/mol. The highest BCUT2D eigenvalue weighted by Gasteiger charge is 2.19. The van der Waals surface area contributed by atoms with Crippen LogP contribution in [-0.2, 0) is 19.5 Å². The maximum Gasteiger partial charge on any atom is 0.120 e. The van der Waals surface area contributed by atoms with Crippen molar-refractivity contribution in [3.05, 3.63) is 69.0 Å². The zero-order valence-corrected chi connectivity index (χ0v) is 21.9. The maximum atomic E-state index is 10.6. The summed E-state index contributed by atoms with van der Waals surface area (Å²) in [5.41, 5.74) is 4.93. The first-order valence-electron chi connectivity index (χ1n) is 12.1. The third-order valence-corrected chi connectivity index (χ3v) is 9.64. The van der Waals surface area contributed by atoms with E-state index in [9.17, 15) is 5.11 Å². The van der Waals surface area contributed by atoms with Gasteiger partial charge in [-0.3, -0.25) is 9.80 Å². The molecule has 0 bridgehead atoms. The number of hydrogen-bond acceptors (Lipinski definition) is 6. The number of benzene rings is 2. The van der Waals surface area contributed by atoms with Gasteiger partial charge in [0.15, 0.2) is 0 Å². The van der Waals surface area contributed by atoms with Gasteiger partial charge >= 0.3 is 0 Å². The van der Waals surface area contributed by atoms with Crippen molar-refractivity contribution >= 4 is 32.9 Å². The van der Waals surface area contributed by atoms with Gasteiger partial charge in [0.2, 0.25) is 0 Å². The summed E-state index contributed by atoms with van der Waals surface area (Å²) in [7, 11) is 3.50. The molecule has 1 N–H and O–H groups in total. The van der Waals surface area contributed by atoms with Gasteiger partial charge in [0.25, 0.3) is 0 Å². The fourth-order valence-electron chi connectivity index (χ4n) is 4.48. The summed E-state index contributed by atoms with van der Waals surface area (Å²) in [4.78, 5) is 6.28. The Morgan fingerprint density at radius 3 is 2.33 bits per heavy atom. The maximum absolute atomic E-state index is 10.6. The monoisotopic (exact) mass is 498 g/mol. The lowest BCUT2D eigenvalue weighted by Crippen LogP contribution is -2.45. The number of aromatic hydroxyl groups is 1. The van der Waals surface area contributed by atoms with E-state index in [0.717, 1.165) is 55.1 Å². The van der Waals surface area contributed by atoms with E-state index in [1.165, 1.54) is 47.3 Å². The van der Waals surface area contributed by atoms with E-state index in [-0.39, 0.29) is 0 Å². The minimum absolute atomic E-state index is 0.397. The van der Waals surface area contributed by atoms with Crippen LogP contribution in [0.5, 0.6) is 5.75 Å². The Bertz CT molecular complexity index is 1070. The Morgan fingerprint density at radius 2 is 1.61 bits per heavy atom. The molecule has 0 atom stereocenters. The van der Waals surface area contributed by atoms with Crippen LogP contribution in [0.1, 0.15) is 49.3 Å². The molecular formula is C27H34N2OS3. The van der Waals surface area contributed by atoms with Gasteiger partial charge in [-0.25, -0.2) is 0 Å². The second-order valence-corrected chi connectivity index (χ2v) is 11.8. The smallest absolute Gasteiger partial charge is 0.120 e. The predicted octanol–water partition coefficient (Wildman–Crippen LogP) is 7.35. The highest BCUT2D eigenvalue weighted by molar-refractivity contribution is 7.80. The number of piperazine rings is 1. The molecule has 1 fully saturated rings. The highest BCUT2D eigenvalue weighted by Crippen LogP contribution is 2.37. The minimum Gasteiger partial charge on any atom is -0.508 e. The average Bonchev–Trinajstić information content (AvgIpc) is 3.20. The van der Waals surface area contributed by atoms with Crippen molar-refractivity contribution in [3.63, 3.8) is 0 Å². The zero-order valence-electron chi connectivity index (χ0n) is 19.5. The Labute approximate surface area is 210 Å². The fraction of sp³-hybridized carbons (Fsp3) is 0.444. The first-order valence-corrected chi connectivity index (χ1v) is 14.6. The van der Waals surface area contributed by atoms with Crippen LogP contribution in [0.15, 0.2) is 48.5 Å². The minimum atomic E-state index is 0.397. The largest absolute Gasteiger partial charge is 0.508 e. The molecule has 0 saturated carbocycles. The second-order valence-electron chi connectivity index (χ2n) is 8.95. The number of unbranched alkanes of at least 4 members (excludes halogenated alkanes) is 3. The van der Waals surface area contributed by atoms with Gasteiger partial charge in [-0.1, -0.05) is 89.4 Å². The fourth-order valence-corrected chi connectivity index (χ4v) is 7.48. The van der Waals surface area contributed by atoms with Crippen LogP contribution in [0, 0.1) is 3.82 Å². The Hall–Kier alpha value is -1.57. The van der Waals surface area contributed by atoms with Gasteiger partial charge in [0.05, 0.1) is 4.88 Å². The quantitative estimate of drug-likeness (QED) is 0.180. The molecule has 3 aromatic rings. The molecule has 4 rings (SSSR count). The summed E-state index contributed by atoms with van der Waals surface area (Å²) in [6.45, 7) is 8.22. The normalized spacial score (nSPS) is 15.2. The van der Waals surface area contributed by atoms with Crippen LogP contribution in [-0.4, -0.2) is 41.1 Å². The van der Waals surface area contributed by atoms with Gasteiger partial charge in [0, 0.05) is 44.8 Å². The lowest BCUT2D eigenvalue weighted by molar-refractivity contribution is 0.121. The van der Waals surface area contributed by atoms with Crippen LogP contribution in [0.3, 0.4) is 0 Å². The molecule has 3 nitrogen and oxygen atoms in total. The Kier molecular flexibility index (Phi) is 9.10. The number of phenols is 1. The molecule has 1 aliphatic heterocycles. The van der Waals surface area contributed by atoms with E-state index in [1.54, 1.807) is 20.7 Å². The zero-order chi connectivity index (χ0) is 23.0. The van der Waals surface area contributed by atoms with Crippen molar-refractivity contribution in [1.29, 1.82) is 0 Å². The molecule has 176 valence electrons. The summed E-state index contributed by atoms with van der Waals surface area (Å²) in [6, 6.07) is 16.8. The molecular weight excluding hydrogens is 465 g/mol. The summed E-state index contributed by atoms with van der Waals surface area (Å²) in [5.74, 6) is 0.397. The van der Waals surface area contributed by atoms with E-state index in [0.29, 0.717) is 5.75 Å². The molecule has 0 unspecified atom stereocenters. The SMILES string of the molecule is CCCCCCc1c(-c2ccc(O)c(CN3CCN(Cc4ccccc4)CC3)c2)ssc1=S.